The van der Waals surface area contributed by atoms with Crippen molar-refractivity contribution in [2.45, 2.75) is 46.6 Å². The molecule has 92 valence electrons. The second-order valence-corrected chi connectivity index (χ2v) is 5.51. The summed E-state index contributed by atoms with van der Waals surface area (Å²) in [5.41, 5.74) is -0.412. The van der Waals surface area contributed by atoms with Crippen molar-refractivity contribution < 1.29 is 9.53 Å². The molecule has 0 radical (unpaired) electrons. The minimum absolute atomic E-state index is 0.0252. The van der Waals surface area contributed by atoms with Gasteiger partial charge in [-0.05, 0) is 32.6 Å². The van der Waals surface area contributed by atoms with Crippen LogP contribution in [0.3, 0.4) is 0 Å². The number of allylic oxidation sites excluding steroid dienone is 1. The van der Waals surface area contributed by atoms with Gasteiger partial charge in [0.15, 0.2) is 0 Å². The van der Waals surface area contributed by atoms with E-state index in [1.165, 1.54) is 0 Å². The van der Waals surface area contributed by atoms with Crippen molar-refractivity contribution in [2.24, 2.45) is 10.4 Å². The quantitative estimate of drug-likeness (QED) is 0.410. The van der Waals surface area contributed by atoms with Gasteiger partial charge in [0.05, 0.1) is 0 Å². The molecule has 0 aromatic heterocycles. The summed E-state index contributed by atoms with van der Waals surface area (Å²) in [7, 11) is 0. The predicted molar refractivity (Wildman–Crippen MR) is 67.8 cm³/mol. The largest absolute Gasteiger partial charge is 0.459 e. The molecule has 0 aliphatic rings. The van der Waals surface area contributed by atoms with E-state index in [1.54, 1.807) is 6.21 Å². The molecule has 0 saturated carbocycles. The fourth-order valence-electron chi connectivity index (χ4n) is 0.896. The van der Waals surface area contributed by atoms with Crippen LogP contribution in [0.15, 0.2) is 17.6 Å². The first-order valence-electron chi connectivity index (χ1n) is 5.50. The second-order valence-electron chi connectivity index (χ2n) is 5.51. The van der Waals surface area contributed by atoms with E-state index >= 15 is 0 Å². The molecule has 0 atom stereocenters. The van der Waals surface area contributed by atoms with Gasteiger partial charge in [-0.3, -0.25) is 9.79 Å². The molecule has 0 heterocycles. The summed E-state index contributed by atoms with van der Waals surface area (Å²) in [6, 6.07) is 0. The first-order chi connectivity index (χ1) is 7.16. The van der Waals surface area contributed by atoms with Gasteiger partial charge >= 0.3 is 5.97 Å². The lowest BCUT2D eigenvalue weighted by Crippen LogP contribution is -2.25. The number of carbonyl (C=O) groups is 1. The standard InChI is InChI=1S/C13H23NO2/c1-7-13(5,6)8-9-14-10-11(15)16-12(2,3)4/h7,9H,1,8,10H2,2-6H3. The van der Waals surface area contributed by atoms with Crippen molar-refractivity contribution in [3.63, 3.8) is 0 Å². The van der Waals surface area contributed by atoms with Crippen molar-refractivity contribution in [3.8, 4) is 0 Å². The van der Waals surface area contributed by atoms with Crippen molar-refractivity contribution >= 4 is 12.2 Å². The van der Waals surface area contributed by atoms with Crippen molar-refractivity contribution in [3.05, 3.63) is 12.7 Å². The van der Waals surface area contributed by atoms with Gasteiger partial charge in [-0.25, -0.2) is 0 Å². The number of hydrogen-bond donors (Lipinski definition) is 0. The lowest BCUT2D eigenvalue weighted by atomic mass is 9.90. The summed E-state index contributed by atoms with van der Waals surface area (Å²) in [4.78, 5) is 15.3. The molecule has 0 aliphatic heterocycles. The molecule has 0 aromatic carbocycles. The molecule has 16 heavy (non-hydrogen) atoms. The zero-order chi connectivity index (χ0) is 12.8. The molecule has 0 amide bonds. The molecule has 0 aliphatic carbocycles. The van der Waals surface area contributed by atoms with E-state index in [2.05, 4.69) is 25.4 Å². The van der Waals surface area contributed by atoms with Crippen LogP contribution in [0.25, 0.3) is 0 Å². The number of rotatable bonds is 5. The fraction of sp³-hybridized carbons (Fsp3) is 0.692. The lowest BCUT2D eigenvalue weighted by Gasteiger charge is -2.19. The molecule has 0 aromatic rings. The number of aliphatic imine (C=N–C) groups is 1. The highest BCUT2D eigenvalue weighted by molar-refractivity contribution is 5.74. The monoisotopic (exact) mass is 225 g/mol. The van der Waals surface area contributed by atoms with Crippen LogP contribution >= 0.6 is 0 Å². The molecule has 0 rings (SSSR count). The molecule has 0 bridgehead atoms. The summed E-state index contributed by atoms with van der Waals surface area (Å²) in [5.74, 6) is -0.292. The summed E-state index contributed by atoms with van der Waals surface area (Å²) in [6.07, 6.45) is 4.41. The van der Waals surface area contributed by atoms with Crippen molar-refractivity contribution in [1.82, 2.24) is 0 Å². The maximum atomic E-state index is 11.3. The number of carbonyl (C=O) groups excluding carboxylic acids is 1. The average molecular weight is 225 g/mol. The smallest absolute Gasteiger partial charge is 0.328 e. The third-order valence-electron chi connectivity index (χ3n) is 1.94. The Kier molecular flexibility index (Phi) is 5.42. The van der Waals surface area contributed by atoms with Gasteiger partial charge in [0, 0.05) is 6.21 Å². The van der Waals surface area contributed by atoms with Gasteiger partial charge in [0.2, 0.25) is 0 Å². The zero-order valence-electron chi connectivity index (χ0n) is 11.0. The highest BCUT2D eigenvalue weighted by Crippen LogP contribution is 2.19. The van der Waals surface area contributed by atoms with Gasteiger partial charge < -0.3 is 4.74 Å². The van der Waals surface area contributed by atoms with Gasteiger partial charge in [-0.15, -0.1) is 6.58 Å². The van der Waals surface area contributed by atoms with E-state index in [0.29, 0.717) is 0 Å². The van der Waals surface area contributed by atoms with Gasteiger partial charge in [-0.2, -0.15) is 0 Å². The normalized spacial score (nSPS) is 12.8. The van der Waals surface area contributed by atoms with Crippen LogP contribution in [0.1, 0.15) is 41.0 Å². The van der Waals surface area contributed by atoms with E-state index in [1.807, 2.05) is 26.8 Å². The number of hydrogen-bond acceptors (Lipinski definition) is 3. The Morgan fingerprint density at radius 1 is 1.31 bits per heavy atom. The van der Waals surface area contributed by atoms with E-state index in [-0.39, 0.29) is 17.9 Å². The van der Waals surface area contributed by atoms with Crippen LogP contribution < -0.4 is 0 Å². The van der Waals surface area contributed by atoms with Crippen LogP contribution in [-0.2, 0) is 9.53 Å². The fourth-order valence-corrected chi connectivity index (χ4v) is 0.896. The Bertz CT molecular complexity index is 272. The van der Waals surface area contributed by atoms with Gasteiger partial charge in [-0.1, -0.05) is 19.9 Å². The summed E-state index contributed by atoms with van der Waals surface area (Å²) >= 11 is 0. The van der Waals surface area contributed by atoms with Gasteiger partial charge in [0.1, 0.15) is 12.1 Å². The molecule has 3 nitrogen and oxygen atoms in total. The van der Waals surface area contributed by atoms with Crippen LogP contribution in [-0.4, -0.2) is 24.3 Å². The second kappa shape index (κ2) is 5.83. The summed E-state index contributed by atoms with van der Waals surface area (Å²) in [6.45, 7) is 13.5. The minimum Gasteiger partial charge on any atom is -0.459 e. The predicted octanol–water partition coefficient (Wildman–Crippen LogP) is 3.00. The Labute approximate surface area is 98.6 Å². The summed E-state index contributed by atoms with van der Waals surface area (Å²) in [5, 5.41) is 0. The van der Waals surface area contributed by atoms with Crippen LogP contribution in [0, 0.1) is 5.41 Å². The van der Waals surface area contributed by atoms with E-state index < -0.39 is 5.60 Å². The highest BCUT2D eigenvalue weighted by Gasteiger charge is 2.15. The first kappa shape index (κ1) is 14.9. The topological polar surface area (TPSA) is 38.7 Å². The Morgan fingerprint density at radius 2 is 1.88 bits per heavy atom. The number of ether oxygens (including phenoxy) is 1. The molecule has 0 N–H and O–H groups in total. The minimum atomic E-state index is -0.438. The van der Waals surface area contributed by atoms with E-state index in [9.17, 15) is 4.79 Å². The average Bonchev–Trinajstić information content (AvgIpc) is 2.10. The van der Waals surface area contributed by atoms with Crippen molar-refractivity contribution in [1.29, 1.82) is 0 Å². The molecular weight excluding hydrogens is 202 g/mol. The first-order valence-corrected chi connectivity index (χ1v) is 5.50. The Morgan fingerprint density at radius 3 is 2.31 bits per heavy atom. The van der Waals surface area contributed by atoms with E-state index in [0.717, 1.165) is 6.42 Å². The Hall–Kier alpha value is -1.12. The molecule has 0 unspecified atom stereocenters. The van der Waals surface area contributed by atoms with Crippen LogP contribution in [0.5, 0.6) is 0 Å². The Balaban J connectivity index is 3.94. The molecule has 0 spiro atoms. The van der Waals surface area contributed by atoms with Crippen LogP contribution in [0.4, 0.5) is 0 Å². The highest BCUT2D eigenvalue weighted by atomic mass is 16.6. The summed E-state index contributed by atoms with van der Waals surface area (Å²) < 4.78 is 5.12. The number of esters is 1. The maximum Gasteiger partial charge on any atom is 0.328 e. The third kappa shape index (κ3) is 8.21. The van der Waals surface area contributed by atoms with Crippen LogP contribution in [0.2, 0.25) is 0 Å². The number of nitrogens with zero attached hydrogens (tertiary/aromatic N) is 1. The molecular formula is C13H23NO2. The maximum absolute atomic E-state index is 11.3. The lowest BCUT2D eigenvalue weighted by molar-refractivity contribution is -0.152. The van der Waals surface area contributed by atoms with Crippen molar-refractivity contribution in [2.75, 3.05) is 6.54 Å². The molecule has 3 heteroatoms. The SMILES string of the molecule is C=CC(C)(C)CC=NCC(=O)OC(C)(C)C. The van der Waals surface area contributed by atoms with Gasteiger partial charge in [0.25, 0.3) is 0 Å². The third-order valence-corrected chi connectivity index (χ3v) is 1.94. The molecule has 0 saturated heterocycles. The van der Waals surface area contributed by atoms with E-state index in [4.69, 9.17) is 4.74 Å². The zero-order valence-corrected chi connectivity index (χ0v) is 11.0. The molecule has 0 fully saturated rings.